The van der Waals surface area contributed by atoms with Crippen molar-refractivity contribution >= 4 is 12.0 Å². The minimum absolute atomic E-state index is 0.347. The smallest absolute Gasteiger partial charge is 0.330 e. The van der Waals surface area contributed by atoms with Gasteiger partial charge in [0.1, 0.15) is 0 Å². The monoisotopic (exact) mass is 256 g/mol. The van der Waals surface area contributed by atoms with Crippen molar-refractivity contribution in [3.05, 3.63) is 60.2 Å². The number of imidazole rings is 1. The summed E-state index contributed by atoms with van der Waals surface area (Å²) in [4.78, 5) is 15.4. The van der Waals surface area contributed by atoms with E-state index in [9.17, 15) is 4.79 Å². The molecule has 0 saturated heterocycles. The van der Waals surface area contributed by atoms with Gasteiger partial charge in [0.2, 0.25) is 0 Å². The van der Waals surface area contributed by atoms with Crippen molar-refractivity contribution in [1.82, 2.24) is 9.55 Å². The molecule has 2 rings (SSSR count). The third-order valence-electron chi connectivity index (χ3n) is 2.54. The Morgan fingerprint density at radius 2 is 2.16 bits per heavy atom. The molecule has 0 saturated carbocycles. The Kier molecular flexibility index (Phi) is 4.50. The largest absolute Gasteiger partial charge is 0.463 e. The maximum absolute atomic E-state index is 11.2. The summed E-state index contributed by atoms with van der Waals surface area (Å²) < 4.78 is 6.78. The second-order valence-corrected chi connectivity index (χ2v) is 4.04. The minimum atomic E-state index is -0.347. The standard InChI is InChI=1S/C15H16N2O2/c1-2-19-15(18)9-8-14-11-17(12-16-14)10-13-6-4-3-5-7-13/h3-9,11-12H,2,10H2,1H3/b9-8+. The van der Waals surface area contributed by atoms with Gasteiger partial charge in [0.05, 0.1) is 18.6 Å². The highest BCUT2D eigenvalue weighted by Gasteiger charge is 1.98. The van der Waals surface area contributed by atoms with Crippen LogP contribution < -0.4 is 0 Å². The molecule has 2 aromatic rings. The van der Waals surface area contributed by atoms with Crippen LogP contribution in [0.25, 0.3) is 6.08 Å². The summed E-state index contributed by atoms with van der Waals surface area (Å²) in [6.07, 6.45) is 6.68. The summed E-state index contributed by atoms with van der Waals surface area (Å²) in [7, 11) is 0. The van der Waals surface area contributed by atoms with E-state index < -0.39 is 0 Å². The summed E-state index contributed by atoms with van der Waals surface area (Å²) in [5.74, 6) is -0.347. The van der Waals surface area contributed by atoms with Crippen molar-refractivity contribution in [3.63, 3.8) is 0 Å². The Bertz CT molecular complexity index is 559. The van der Waals surface area contributed by atoms with Crippen LogP contribution in [0.1, 0.15) is 18.2 Å². The number of nitrogens with zero attached hydrogens (tertiary/aromatic N) is 2. The van der Waals surface area contributed by atoms with E-state index in [0.29, 0.717) is 6.61 Å². The first kappa shape index (κ1) is 13.1. The number of ether oxygens (including phenoxy) is 1. The third-order valence-corrected chi connectivity index (χ3v) is 2.54. The van der Waals surface area contributed by atoms with Crippen LogP contribution in [0.4, 0.5) is 0 Å². The molecule has 0 N–H and O–H groups in total. The SMILES string of the molecule is CCOC(=O)/C=C/c1cn(Cc2ccccc2)cn1. The first-order chi connectivity index (χ1) is 9.28. The highest BCUT2D eigenvalue weighted by Crippen LogP contribution is 2.05. The molecular weight excluding hydrogens is 240 g/mol. The molecule has 0 aliphatic carbocycles. The average molecular weight is 256 g/mol. The van der Waals surface area contributed by atoms with E-state index >= 15 is 0 Å². The van der Waals surface area contributed by atoms with E-state index in [1.807, 2.05) is 29.0 Å². The van der Waals surface area contributed by atoms with Crippen LogP contribution in [0.2, 0.25) is 0 Å². The van der Waals surface area contributed by atoms with E-state index in [2.05, 4.69) is 17.1 Å². The maximum atomic E-state index is 11.2. The zero-order valence-corrected chi connectivity index (χ0v) is 10.8. The van der Waals surface area contributed by atoms with Crippen molar-refractivity contribution in [3.8, 4) is 0 Å². The quantitative estimate of drug-likeness (QED) is 0.610. The number of benzene rings is 1. The zero-order chi connectivity index (χ0) is 13.5. The van der Waals surface area contributed by atoms with Gasteiger partial charge in [-0.2, -0.15) is 0 Å². The lowest BCUT2D eigenvalue weighted by Crippen LogP contribution is -1.98. The highest BCUT2D eigenvalue weighted by molar-refractivity contribution is 5.86. The molecule has 0 bridgehead atoms. The molecule has 1 aromatic carbocycles. The molecular formula is C15H16N2O2. The molecule has 0 fully saturated rings. The number of esters is 1. The lowest BCUT2D eigenvalue weighted by atomic mass is 10.2. The fraction of sp³-hybridized carbons (Fsp3) is 0.200. The molecule has 0 aliphatic heterocycles. The van der Waals surface area contributed by atoms with Crippen molar-refractivity contribution in [2.75, 3.05) is 6.61 Å². The van der Waals surface area contributed by atoms with E-state index in [4.69, 9.17) is 4.74 Å². The average Bonchev–Trinajstić information content (AvgIpc) is 2.86. The zero-order valence-electron chi connectivity index (χ0n) is 10.8. The molecule has 4 heteroatoms. The molecule has 0 radical (unpaired) electrons. The van der Waals surface area contributed by atoms with Crippen LogP contribution in [0, 0.1) is 0 Å². The van der Waals surface area contributed by atoms with Crippen molar-refractivity contribution in [2.45, 2.75) is 13.5 Å². The van der Waals surface area contributed by atoms with E-state index in [1.165, 1.54) is 11.6 Å². The predicted molar refractivity (Wildman–Crippen MR) is 73.4 cm³/mol. The molecule has 19 heavy (non-hydrogen) atoms. The van der Waals surface area contributed by atoms with Gasteiger partial charge in [-0.3, -0.25) is 0 Å². The Labute approximate surface area is 112 Å². The topological polar surface area (TPSA) is 44.1 Å². The van der Waals surface area contributed by atoms with Gasteiger partial charge in [-0.05, 0) is 18.6 Å². The highest BCUT2D eigenvalue weighted by atomic mass is 16.5. The lowest BCUT2D eigenvalue weighted by molar-refractivity contribution is -0.137. The second kappa shape index (κ2) is 6.54. The van der Waals surface area contributed by atoms with Crippen LogP contribution in [0.15, 0.2) is 48.9 Å². The summed E-state index contributed by atoms with van der Waals surface area (Å²) >= 11 is 0. The van der Waals surface area contributed by atoms with Gasteiger partial charge in [0, 0.05) is 18.8 Å². The first-order valence-electron chi connectivity index (χ1n) is 6.18. The van der Waals surface area contributed by atoms with Crippen LogP contribution in [-0.2, 0) is 16.1 Å². The lowest BCUT2D eigenvalue weighted by Gasteiger charge is -2.00. The fourth-order valence-corrected chi connectivity index (χ4v) is 1.69. The summed E-state index contributed by atoms with van der Waals surface area (Å²) in [6, 6.07) is 10.1. The number of hydrogen-bond donors (Lipinski definition) is 0. The van der Waals surface area contributed by atoms with Crippen LogP contribution in [0.3, 0.4) is 0 Å². The van der Waals surface area contributed by atoms with Gasteiger partial charge < -0.3 is 9.30 Å². The van der Waals surface area contributed by atoms with Crippen molar-refractivity contribution in [2.24, 2.45) is 0 Å². The van der Waals surface area contributed by atoms with Gasteiger partial charge in [-0.25, -0.2) is 9.78 Å². The minimum Gasteiger partial charge on any atom is -0.463 e. The molecule has 98 valence electrons. The number of hydrogen-bond acceptors (Lipinski definition) is 3. The molecule has 0 unspecified atom stereocenters. The molecule has 1 heterocycles. The molecule has 0 atom stereocenters. The third kappa shape index (κ3) is 4.10. The first-order valence-corrected chi connectivity index (χ1v) is 6.18. The van der Waals surface area contributed by atoms with Gasteiger partial charge in [0.25, 0.3) is 0 Å². The van der Waals surface area contributed by atoms with Crippen LogP contribution in [-0.4, -0.2) is 22.1 Å². The maximum Gasteiger partial charge on any atom is 0.330 e. The van der Waals surface area contributed by atoms with Gasteiger partial charge in [-0.1, -0.05) is 30.3 Å². The number of rotatable bonds is 5. The second-order valence-electron chi connectivity index (χ2n) is 4.04. The number of carbonyl (C=O) groups is 1. The molecule has 1 aromatic heterocycles. The summed E-state index contributed by atoms with van der Waals surface area (Å²) in [6.45, 7) is 2.92. The van der Waals surface area contributed by atoms with Gasteiger partial charge in [0.15, 0.2) is 0 Å². The Hall–Kier alpha value is -2.36. The molecule has 0 aliphatic rings. The fourth-order valence-electron chi connectivity index (χ4n) is 1.69. The summed E-state index contributed by atoms with van der Waals surface area (Å²) in [5.41, 5.74) is 1.95. The van der Waals surface area contributed by atoms with Crippen molar-refractivity contribution < 1.29 is 9.53 Å². The van der Waals surface area contributed by atoms with Gasteiger partial charge in [-0.15, -0.1) is 0 Å². The Morgan fingerprint density at radius 3 is 2.89 bits per heavy atom. The van der Waals surface area contributed by atoms with E-state index in [0.717, 1.165) is 12.2 Å². The van der Waals surface area contributed by atoms with E-state index in [1.54, 1.807) is 19.3 Å². The Morgan fingerprint density at radius 1 is 1.37 bits per heavy atom. The van der Waals surface area contributed by atoms with Crippen molar-refractivity contribution in [1.29, 1.82) is 0 Å². The molecule has 4 nitrogen and oxygen atoms in total. The summed E-state index contributed by atoms with van der Waals surface area (Å²) in [5, 5.41) is 0. The van der Waals surface area contributed by atoms with Crippen LogP contribution >= 0.6 is 0 Å². The normalized spacial score (nSPS) is 10.8. The predicted octanol–water partition coefficient (Wildman–Crippen LogP) is 2.51. The number of aromatic nitrogens is 2. The molecule has 0 spiro atoms. The van der Waals surface area contributed by atoms with Crippen LogP contribution in [0.5, 0.6) is 0 Å². The van der Waals surface area contributed by atoms with E-state index in [-0.39, 0.29) is 5.97 Å². The Balaban J connectivity index is 1.97. The molecule has 0 amide bonds. The van der Waals surface area contributed by atoms with Gasteiger partial charge >= 0.3 is 5.97 Å². The number of carbonyl (C=O) groups excluding carboxylic acids is 1.